The summed E-state index contributed by atoms with van der Waals surface area (Å²) >= 11 is 0. The van der Waals surface area contributed by atoms with Gasteiger partial charge in [0.05, 0.1) is 16.7 Å². The Morgan fingerprint density at radius 1 is 1.35 bits per heavy atom. The van der Waals surface area contributed by atoms with E-state index >= 15 is 0 Å². The number of benzene rings is 1. The lowest BCUT2D eigenvalue weighted by atomic mass is 10.1. The van der Waals surface area contributed by atoms with Gasteiger partial charge in [-0.3, -0.25) is 10.1 Å². The standard InChI is InChI=1S/C12H14N4O4/c17-16(18)10-5-4-9(11-12(10)15-20-14-11)13-7-8-3-1-2-6-19-8/h4-5,8,13H,1-3,6-7H2. The summed E-state index contributed by atoms with van der Waals surface area (Å²) in [5.74, 6) is 0. The third-order valence-corrected chi connectivity index (χ3v) is 3.39. The molecule has 0 bridgehead atoms. The molecule has 0 amide bonds. The Balaban J connectivity index is 1.79. The van der Waals surface area contributed by atoms with Crippen molar-refractivity contribution in [3.8, 4) is 0 Å². The lowest BCUT2D eigenvalue weighted by Crippen LogP contribution is -2.27. The van der Waals surface area contributed by atoms with Gasteiger partial charge in [-0.15, -0.1) is 0 Å². The normalized spacial score (nSPS) is 19.1. The van der Waals surface area contributed by atoms with Crippen LogP contribution in [-0.2, 0) is 4.74 Å². The van der Waals surface area contributed by atoms with E-state index in [4.69, 9.17) is 4.74 Å². The van der Waals surface area contributed by atoms with Crippen molar-refractivity contribution >= 4 is 22.4 Å². The molecule has 0 radical (unpaired) electrons. The molecule has 0 spiro atoms. The number of aromatic nitrogens is 2. The first-order valence-electron chi connectivity index (χ1n) is 6.51. The molecule has 1 aliphatic heterocycles. The van der Waals surface area contributed by atoms with E-state index in [1.165, 1.54) is 6.07 Å². The van der Waals surface area contributed by atoms with Gasteiger partial charge in [0.1, 0.15) is 0 Å². The van der Waals surface area contributed by atoms with Crippen LogP contribution in [0.25, 0.3) is 11.0 Å². The molecule has 1 fully saturated rings. The average Bonchev–Trinajstić information content (AvgIpc) is 2.95. The number of hydrogen-bond donors (Lipinski definition) is 1. The number of nitro benzene ring substituents is 1. The van der Waals surface area contributed by atoms with Crippen molar-refractivity contribution in [2.45, 2.75) is 25.4 Å². The third-order valence-electron chi connectivity index (χ3n) is 3.39. The zero-order valence-corrected chi connectivity index (χ0v) is 10.7. The highest BCUT2D eigenvalue weighted by Gasteiger charge is 2.20. The smallest absolute Gasteiger partial charge is 0.300 e. The van der Waals surface area contributed by atoms with Crippen molar-refractivity contribution in [1.29, 1.82) is 0 Å². The zero-order chi connectivity index (χ0) is 13.9. The van der Waals surface area contributed by atoms with E-state index in [9.17, 15) is 10.1 Å². The van der Waals surface area contributed by atoms with E-state index in [1.54, 1.807) is 6.07 Å². The van der Waals surface area contributed by atoms with Crippen LogP contribution in [0.3, 0.4) is 0 Å². The lowest BCUT2D eigenvalue weighted by molar-refractivity contribution is -0.383. The maximum absolute atomic E-state index is 10.9. The molecular formula is C12H14N4O4. The summed E-state index contributed by atoms with van der Waals surface area (Å²) in [6, 6.07) is 3.02. The molecular weight excluding hydrogens is 264 g/mol. The number of fused-ring (bicyclic) bond motifs is 1. The van der Waals surface area contributed by atoms with Gasteiger partial charge >= 0.3 is 5.69 Å². The number of nitrogens with one attached hydrogen (secondary N) is 1. The van der Waals surface area contributed by atoms with Crippen molar-refractivity contribution in [1.82, 2.24) is 10.3 Å². The van der Waals surface area contributed by atoms with Crippen LogP contribution < -0.4 is 5.32 Å². The largest absolute Gasteiger partial charge is 0.381 e. The highest BCUT2D eigenvalue weighted by Crippen LogP contribution is 2.28. The molecule has 1 aromatic heterocycles. The Morgan fingerprint density at radius 3 is 2.95 bits per heavy atom. The Labute approximate surface area is 114 Å². The fourth-order valence-electron chi connectivity index (χ4n) is 2.34. The molecule has 0 aliphatic carbocycles. The SMILES string of the molecule is O=[N+]([O-])c1ccc(NCC2CCCCO2)c2nonc12. The van der Waals surface area contributed by atoms with Crippen LogP contribution in [0.2, 0.25) is 0 Å². The number of nitrogens with zero attached hydrogens (tertiary/aromatic N) is 3. The minimum absolute atomic E-state index is 0.110. The summed E-state index contributed by atoms with van der Waals surface area (Å²) in [6.45, 7) is 1.42. The van der Waals surface area contributed by atoms with Gasteiger partial charge in [-0.2, -0.15) is 0 Å². The maximum atomic E-state index is 10.9. The Kier molecular flexibility index (Phi) is 3.46. The van der Waals surface area contributed by atoms with Crippen LogP contribution in [0.1, 0.15) is 19.3 Å². The second-order valence-electron chi connectivity index (χ2n) is 4.72. The van der Waals surface area contributed by atoms with Crippen LogP contribution in [0.5, 0.6) is 0 Å². The first kappa shape index (κ1) is 12.8. The van der Waals surface area contributed by atoms with Gasteiger partial charge in [-0.1, -0.05) is 0 Å². The van der Waals surface area contributed by atoms with Gasteiger partial charge in [-0.25, -0.2) is 4.63 Å². The van der Waals surface area contributed by atoms with Crippen LogP contribution in [-0.4, -0.2) is 34.5 Å². The fourth-order valence-corrected chi connectivity index (χ4v) is 2.34. The van der Waals surface area contributed by atoms with Crippen molar-refractivity contribution in [3.05, 3.63) is 22.2 Å². The van der Waals surface area contributed by atoms with Crippen molar-refractivity contribution < 1.29 is 14.3 Å². The zero-order valence-electron chi connectivity index (χ0n) is 10.7. The van der Waals surface area contributed by atoms with E-state index in [-0.39, 0.29) is 17.3 Å². The quantitative estimate of drug-likeness (QED) is 0.674. The fraction of sp³-hybridized carbons (Fsp3) is 0.500. The summed E-state index contributed by atoms with van der Waals surface area (Å²) in [5.41, 5.74) is 1.08. The number of nitro groups is 1. The molecule has 8 heteroatoms. The molecule has 1 unspecified atom stereocenters. The van der Waals surface area contributed by atoms with Crippen LogP contribution >= 0.6 is 0 Å². The number of ether oxygens (including phenoxy) is 1. The Bertz CT molecular complexity index is 621. The van der Waals surface area contributed by atoms with Crippen LogP contribution in [0, 0.1) is 10.1 Å². The van der Waals surface area contributed by atoms with E-state index in [0.717, 1.165) is 25.9 Å². The topological polar surface area (TPSA) is 103 Å². The van der Waals surface area contributed by atoms with E-state index in [2.05, 4.69) is 20.3 Å². The van der Waals surface area contributed by atoms with Crippen molar-refractivity contribution in [2.24, 2.45) is 0 Å². The molecule has 1 aromatic carbocycles. The van der Waals surface area contributed by atoms with E-state index < -0.39 is 4.92 Å². The van der Waals surface area contributed by atoms with Gasteiger partial charge in [-0.05, 0) is 35.6 Å². The predicted octanol–water partition coefficient (Wildman–Crippen LogP) is 2.11. The Morgan fingerprint density at radius 2 is 2.20 bits per heavy atom. The van der Waals surface area contributed by atoms with Gasteiger partial charge in [0.15, 0.2) is 5.52 Å². The number of anilines is 1. The second kappa shape index (κ2) is 5.41. The predicted molar refractivity (Wildman–Crippen MR) is 70.5 cm³/mol. The van der Waals surface area contributed by atoms with Gasteiger partial charge < -0.3 is 10.1 Å². The lowest BCUT2D eigenvalue weighted by Gasteiger charge is -2.23. The number of non-ortho nitro benzene ring substituents is 1. The molecule has 2 heterocycles. The van der Waals surface area contributed by atoms with Crippen LogP contribution in [0.15, 0.2) is 16.8 Å². The molecule has 3 rings (SSSR count). The highest BCUT2D eigenvalue weighted by molar-refractivity contribution is 5.93. The molecule has 1 N–H and O–H groups in total. The maximum Gasteiger partial charge on any atom is 0.300 e. The molecule has 106 valence electrons. The molecule has 1 atom stereocenters. The number of rotatable bonds is 4. The summed E-state index contributed by atoms with van der Waals surface area (Å²) in [5, 5.41) is 21.4. The molecule has 1 saturated heterocycles. The minimum atomic E-state index is -0.499. The minimum Gasteiger partial charge on any atom is -0.381 e. The third kappa shape index (κ3) is 2.42. The van der Waals surface area contributed by atoms with Gasteiger partial charge in [0.2, 0.25) is 5.52 Å². The summed E-state index contributed by atoms with van der Waals surface area (Å²) in [6.07, 6.45) is 3.44. The number of hydrogen-bond acceptors (Lipinski definition) is 7. The van der Waals surface area contributed by atoms with Gasteiger partial charge in [0.25, 0.3) is 0 Å². The molecule has 8 nitrogen and oxygen atoms in total. The molecule has 1 aliphatic rings. The van der Waals surface area contributed by atoms with Gasteiger partial charge in [0, 0.05) is 19.2 Å². The van der Waals surface area contributed by atoms with Crippen molar-refractivity contribution in [2.75, 3.05) is 18.5 Å². The van der Waals surface area contributed by atoms with E-state index in [0.29, 0.717) is 17.7 Å². The Hall–Kier alpha value is -2.22. The van der Waals surface area contributed by atoms with Crippen molar-refractivity contribution in [3.63, 3.8) is 0 Å². The summed E-state index contributed by atoms with van der Waals surface area (Å²) in [4.78, 5) is 10.4. The molecule has 2 aromatic rings. The monoisotopic (exact) mass is 278 g/mol. The summed E-state index contributed by atoms with van der Waals surface area (Å²) < 4.78 is 10.2. The summed E-state index contributed by atoms with van der Waals surface area (Å²) in [7, 11) is 0. The van der Waals surface area contributed by atoms with E-state index in [1.807, 2.05) is 0 Å². The highest BCUT2D eigenvalue weighted by atomic mass is 16.6. The molecule has 0 saturated carbocycles. The first-order valence-corrected chi connectivity index (χ1v) is 6.51. The first-order chi connectivity index (χ1) is 9.75. The molecule has 20 heavy (non-hydrogen) atoms. The van der Waals surface area contributed by atoms with Crippen LogP contribution in [0.4, 0.5) is 11.4 Å². The average molecular weight is 278 g/mol. The second-order valence-corrected chi connectivity index (χ2v) is 4.72.